The highest BCUT2D eigenvalue weighted by Gasteiger charge is 2.80. The minimum absolute atomic E-state index is 0.0643. The molecule has 0 aromatic heterocycles. The SMILES string of the molecule is C=CCCCOC(=O)[C@@H]1[C@H]2C(=O)N(CCCCCCO)C(C(=O)N(CC=C)c3ccc4ccccc4c3)C23CC(C)[C@@]1(C)O3. The molecule has 1 N–H and O–H groups in total. The minimum Gasteiger partial charge on any atom is -0.465 e. The van der Waals surface area contributed by atoms with Crippen molar-refractivity contribution >= 4 is 34.2 Å². The van der Waals surface area contributed by atoms with Crippen LogP contribution in [-0.4, -0.2) is 71.3 Å². The molecule has 1 spiro atoms. The van der Waals surface area contributed by atoms with Crippen molar-refractivity contribution in [1.29, 1.82) is 0 Å². The highest BCUT2D eigenvalue weighted by molar-refractivity contribution is 6.05. The van der Waals surface area contributed by atoms with Crippen LogP contribution in [0.15, 0.2) is 67.8 Å². The zero-order valence-corrected chi connectivity index (χ0v) is 26.1. The Morgan fingerprint density at radius 1 is 1.09 bits per heavy atom. The van der Waals surface area contributed by atoms with E-state index in [4.69, 9.17) is 9.47 Å². The number of hydrogen-bond acceptors (Lipinski definition) is 6. The summed E-state index contributed by atoms with van der Waals surface area (Å²) in [6, 6.07) is 13.0. The van der Waals surface area contributed by atoms with E-state index in [1.165, 1.54) is 0 Å². The first kappa shape index (κ1) is 31.9. The summed E-state index contributed by atoms with van der Waals surface area (Å²) in [5.41, 5.74) is -1.35. The van der Waals surface area contributed by atoms with Gasteiger partial charge in [0.2, 0.25) is 5.91 Å². The molecule has 3 fully saturated rings. The number of allylic oxidation sites excluding steroid dienone is 1. The Hall–Kier alpha value is -3.49. The van der Waals surface area contributed by atoms with E-state index in [-0.39, 0.29) is 37.5 Å². The summed E-state index contributed by atoms with van der Waals surface area (Å²) in [5, 5.41) is 11.3. The zero-order chi connectivity index (χ0) is 31.5. The number of carbonyl (C=O) groups is 3. The van der Waals surface area contributed by atoms with E-state index in [0.29, 0.717) is 37.9 Å². The highest BCUT2D eigenvalue weighted by Crippen LogP contribution is 2.65. The first-order valence-electron chi connectivity index (χ1n) is 16.0. The van der Waals surface area contributed by atoms with Gasteiger partial charge >= 0.3 is 5.97 Å². The first-order valence-corrected chi connectivity index (χ1v) is 16.0. The smallest absolute Gasteiger partial charge is 0.312 e. The molecule has 3 saturated heterocycles. The summed E-state index contributed by atoms with van der Waals surface area (Å²) in [6.45, 7) is 12.6. The third-order valence-corrected chi connectivity index (χ3v) is 10.0. The topological polar surface area (TPSA) is 96.4 Å². The third kappa shape index (κ3) is 5.47. The number of benzene rings is 2. The lowest BCUT2D eigenvalue weighted by molar-refractivity contribution is -0.161. The van der Waals surface area contributed by atoms with Gasteiger partial charge in [0, 0.05) is 25.4 Å². The molecule has 2 amide bonds. The molecule has 236 valence electrons. The van der Waals surface area contributed by atoms with Gasteiger partial charge in [0.05, 0.1) is 18.1 Å². The van der Waals surface area contributed by atoms with Crippen LogP contribution in [0.1, 0.15) is 58.8 Å². The summed E-state index contributed by atoms with van der Waals surface area (Å²) in [6.07, 6.45) is 8.37. The molecule has 6 atom stereocenters. The minimum atomic E-state index is -1.14. The molecule has 2 aromatic rings. The third-order valence-electron chi connectivity index (χ3n) is 10.0. The molecule has 44 heavy (non-hydrogen) atoms. The number of nitrogens with zero attached hydrogens (tertiary/aromatic N) is 2. The molecule has 8 nitrogen and oxygen atoms in total. The monoisotopic (exact) mass is 602 g/mol. The number of hydrogen-bond donors (Lipinski definition) is 1. The van der Waals surface area contributed by atoms with Crippen LogP contribution in [0.25, 0.3) is 10.8 Å². The van der Waals surface area contributed by atoms with Crippen molar-refractivity contribution in [3.63, 3.8) is 0 Å². The van der Waals surface area contributed by atoms with Gasteiger partial charge in [-0.05, 0) is 67.9 Å². The summed E-state index contributed by atoms with van der Waals surface area (Å²) in [4.78, 5) is 46.4. The Balaban J connectivity index is 1.53. The van der Waals surface area contributed by atoms with E-state index in [0.717, 1.165) is 30.0 Å². The number of esters is 1. The van der Waals surface area contributed by atoms with Gasteiger partial charge in [0.15, 0.2) is 0 Å². The quantitative estimate of drug-likeness (QED) is 0.166. The van der Waals surface area contributed by atoms with E-state index in [2.05, 4.69) is 13.2 Å². The fourth-order valence-electron chi connectivity index (χ4n) is 7.80. The standard InChI is InChI=1S/C36H46N2O6/c1-5-7-14-22-43-34(42)30-29-32(40)38(20-12-8-9-13-21-39)31(36(29)24-25(3)35(30,4)44-36)33(41)37(19-6-2)28-18-17-26-15-10-11-16-27(26)23-28/h5-6,10-11,15-18,23,25,29-31,39H,1-2,7-9,12-14,19-22,24H2,3-4H3/t25?,29-,30-,31?,35+,36?/m0/s1. The maximum atomic E-state index is 14.9. The molecule has 0 radical (unpaired) electrons. The van der Waals surface area contributed by atoms with Crippen LogP contribution in [0.3, 0.4) is 0 Å². The van der Waals surface area contributed by atoms with Crippen LogP contribution >= 0.6 is 0 Å². The number of anilines is 1. The van der Waals surface area contributed by atoms with Crippen molar-refractivity contribution < 1.29 is 29.0 Å². The normalized spacial score (nSPS) is 28.7. The fourth-order valence-corrected chi connectivity index (χ4v) is 7.80. The Labute approximate surface area is 260 Å². The van der Waals surface area contributed by atoms with E-state index < -0.39 is 35.0 Å². The molecule has 3 heterocycles. The lowest BCUT2D eigenvalue weighted by Crippen LogP contribution is -2.57. The van der Waals surface area contributed by atoms with Gasteiger partial charge in [-0.1, -0.05) is 62.2 Å². The predicted octanol–water partition coefficient (Wildman–Crippen LogP) is 5.43. The van der Waals surface area contributed by atoms with Crippen molar-refractivity contribution in [1.82, 2.24) is 4.90 Å². The number of carbonyl (C=O) groups excluding carboxylic acids is 3. The maximum Gasteiger partial charge on any atom is 0.312 e. The second kappa shape index (κ2) is 13.2. The Kier molecular flexibility index (Phi) is 9.61. The number of amides is 2. The summed E-state index contributed by atoms with van der Waals surface area (Å²) < 4.78 is 12.6. The number of ether oxygens (including phenoxy) is 2. The molecule has 2 bridgehead atoms. The summed E-state index contributed by atoms with van der Waals surface area (Å²) >= 11 is 0. The fraction of sp³-hybridized carbons (Fsp3) is 0.528. The van der Waals surface area contributed by atoms with E-state index in [9.17, 15) is 19.5 Å². The van der Waals surface area contributed by atoms with Gasteiger partial charge < -0.3 is 24.4 Å². The Bertz CT molecular complexity index is 1410. The molecule has 0 saturated carbocycles. The van der Waals surface area contributed by atoms with Crippen LogP contribution in [0.2, 0.25) is 0 Å². The van der Waals surface area contributed by atoms with Crippen LogP contribution in [0.4, 0.5) is 5.69 Å². The van der Waals surface area contributed by atoms with Gasteiger partial charge in [0.1, 0.15) is 17.6 Å². The Morgan fingerprint density at radius 2 is 1.84 bits per heavy atom. The molecule has 5 rings (SSSR count). The van der Waals surface area contributed by atoms with Crippen LogP contribution in [0.5, 0.6) is 0 Å². The summed E-state index contributed by atoms with van der Waals surface area (Å²) in [7, 11) is 0. The number of likely N-dealkylation sites (tertiary alicyclic amines) is 1. The molecular weight excluding hydrogens is 556 g/mol. The molecular formula is C36H46N2O6. The number of unbranched alkanes of at least 4 members (excludes halogenated alkanes) is 4. The van der Waals surface area contributed by atoms with Gasteiger partial charge in [-0.25, -0.2) is 0 Å². The molecule has 8 heteroatoms. The zero-order valence-electron chi connectivity index (χ0n) is 26.1. The second-order valence-corrected chi connectivity index (χ2v) is 12.7. The average Bonchev–Trinajstić information content (AvgIpc) is 3.53. The molecule has 3 aliphatic heterocycles. The number of aliphatic hydroxyl groups is 1. The van der Waals surface area contributed by atoms with Crippen molar-refractivity contribution in [2.24, 2.45) is 17.8 Å². The predicted molar refractivity (Wildman–Crippen MR) is 171 cm³/mol. The second-order valence-electron chi connectivity index (χ2n) is 12.7. The van der Waals surface area contributed by atoms with Crippen LogP contribution < -0.4 is 4.90 Å². The van der Waals surface area contributed by atoms with Crippen molar-refractivity contribution in [2.45, 2.75) is 76.0 Å². The van der Waals surface area contributed by atoms with Crippen molar-refractivity contribution in [3.8, 4) is 0 Å². The largest absolute Gasteiger partial charge is 0.465 e. The molecule has 0 aliphatic carbocycles. The maximum absolute atomic E-state index is 14.9. The van der Waals surface area contributed by atoms with E-state index in [1.807, 2.05) is 56.3 Å². The van der Waals surface area contributed by atoms with Crippen LogP contribution in [-0.2, 0) is 23.9 Å². The molecule has 3 unspecified atom stereocenters. The van der Waals surface area contributed by atoms with Gasteiger partial charge in [-0.15, -0.1) is 13.2 Å². The molecule has 3 aliphatic rings. The van der Waals surface area contributed by atoms with Gasteiger partial charge in [-0.2, -0.15) is 0 Å². The first-order chi connectivity index (χ1) is 21.2. The van der Waals surface area contributed by atoms with Crippen molar-refractivity contribution in [2.75, 3.05) is 31.2 Å². The number of aliphatic hydroxyl groups excluding tert-OH is 1. The van der Waals surface area contributed by atoms with E-state index in [1.54, 1.807) is 22.0 Å². The van der Waals surface area contributed by atoms with E-state index >= 15 is 0 Å². The number of fused-ring (bicyclic) bond motifs is 2. The average molecular weight is 603 g/mol. The lowest BCUT2D eigenvalue weighted by Gasteiger charge is -2.37. The van der Waals surface area contributed by atoms with Gasteiger partial charge in [-0.3, -0.25) is 14.4 Å². The van der Waals surface area contributed by atoms with Gasteiger partial charge in [0.25, 0.3) is 5.91 Å². The highest BCUT2D eigenvalue weighted by atomic mass is 16.6. The van der Waals surface area contributed by atoms with Crippen molar-refractivity contribution in [3.05, 3.63) is 67.8 Å². The summed E-state index contributed by atoms with van der Waals surface area (Å²) in [5.74, 6) is -2.55. The van der Waals surface area contributed by atoms with Crippen LogP contribution in [0, 0.1) is 17.8 Å². The lowest BCUT2D eigenvalue weighted by atomic mass is 9.62. The number of rotatable bonds is 15. The molecule has 2 aromatic carbocycles. The Morgan fingerprint density at radius 3 is 2.57 bits per heavy atom.